The highest BCUT2D eigenvalue weighted by Crippen LogP contribution is 2.39. The Morgan fingerprint density at radius 2 is 2.05 bits per heavy atom. The first-order valence-corrected chi connectivity index (χ1v) is 8.23. The van der Waals surface area contributed by atoms with Crippen molar-refractivity contribution in [3.8, 4) is 11.8 Å². The number of hydrogen-bond donors (Lipinski definition) is 2. The Labute approximate surface area is 120 Å². The quantitative estimate of drug-likeness (QED) is 0.825. The van der Waals surface area contributed by atoms with Gasteiger partial charge in [0.2, 0.25) is 10.0 Å². The lowest BCUT2D eigenvalue weighted by Crippen LogP contribution is -2.40. The van der Waals surface area contributed by atoms with Gasteiger partial charge in [0.1, 0.15) is 0 Å². The van der Waals surface area contributed by atoms with Gasteiger partial charge < -0.3 is 5.73 Å². The molecule has 0 saturated heterocycles. The first-order chi connectivity index (χ1) is 9.47. The zero-order chi connectivity index (χ0) is 14.6. The molecule has 1 fully saturated rings. The molecule has 4 nitrogen and oxygen atoms in total. The average molecular weight is 292 g/mol. The third kappa shape index (κ3) is 3.40. The van der Waals surface area contributed by atoms with Crippen LogP contribution in [0.2, 0.25) is 0 Å². The molecule has 108 valence electrons. The highest BCUT2D eigenvalue weighted by molar-refractivity contribution is 7.89. The molecule has 0 aliphatic heterocycles. The molecule has 0 bridgehead atoms. The molecule has 5 heteroatoms. The fraction of sp³-hybridized carbons (Fsp3) is 0.467. The normalized spacial score (nSPS) is 16.9. The van der Waals surface area contributed by atoms with Crippen molar-refractivity contribution in [2.75, 3.05) is 13.1 Å². The molecule has 3 N–H and O–H groups in total. The van der Waals surface area contributed by atoms with Crippen molar-refractivity contribution in [1.82, 2.24) is 4.72 Å². The Balaban J connectivity index is 2.20. The van der Waals surface area contributed by atoms with E-state index in [9.17, 15) is 8.42 Å². The topological polar surface area (TPSA) is 72.2 Å². The van der Waals surface area contributed by atoms with Crippen LogP contribution in [0.1, 0.15) is 31.7 Å². The van der Waals surface area contributed by atoms with E-state index in [-0.39, 0.29) is 16.9 Å². The van der Waals surface area contributed by atoms with Crippen LogP contribution in [0, 0.1) is 17.3 Å². The van der Waals surface area contributed by atoms with Crippen LogP contribution in [0.3, 0.4) is 0 Å². The number of benzene rings is 1. The Morgan fingerprint density at radius 1 is 1.35 bits per heavy atom. The fourth-order valence-electron chi connectivity index (χ4n) is 2.25. The molecule has 1 aromatic carbocycles. The summed E-state index contributed by atoms with van der Waals surface area (Å²) in [6, 6.07) is 6.74. The lowest BCUT2D eigenvalue weighted by atomic mass is 9.71. The monoisotopic (exact) mass is 292 g/mol. The van der Waals surface area contributed by atoms with Crippen LogP contribution in [0.4, 0.5) is 0 Å². The molecule has 1 aliphatic carbocycles. The summed E-state index contributed by atoms with van der Waals surface area (Å²) < 4.78 is 27.5. The molecule has 2 rings (SSSR count). The predicted molar refractivity (Wildman–Crippen MR) is 79.5 cm³/mol. The number of rotatable bonds is 4. The maximum Gasteiger partial charge on any atom is 0.241 e. The van der Waals surface area contributed by atoms with Crippen LogP contribution < -0.4 is 10.5 Å². The van der Waals surface area contributed by atoms with E-state index >= 15 is 0 Å². The minimum atomic E-state index is -3.52. The van der Waals surface area contributed by atoms with Crippen LogP contribution in [0.5, 0.6) is 0 Å². The molecule has 1 aromatic rings. The molecular weight excluding hydrogens is 272 g/mol. The molecule has 1 saturated carbocycles. The third-order valence-electron chi connectivity index (χ3n) is 3.75. The Morgan fingerprint density at radius 3 is 2.65 bits per heavy atom. The van der Waals surface area contributed by atoms with E-state index in [1.54, 1.807) is 24.3 Å². The van der Waals surface area contributed by atoms with E-state index in [0.29, 0.717) is 12.1 Å². The van der Waals surface area contributed by atoms with E-state index < -0.39 is 10.0 Å². The molecule has 0 heterocycles. The molecule has 1 aliphatic rings. The van der Waals surface area contributed by atoms with E-state index in [1.807, 2.05) is 0 Å². The lowest BCUT2D eigenvalue weighted by Gasteiger charge is -2.38. The first-order valence-electron chi connectivity index (χ1n) is 6.74. The van der Waals surface area contributed by atoms with Gasteiger partial charge in [0, 0.05) is 12.1 Å². The second-order valence-electron chi connectivity index (χ2n) is 5.49. The van der Waals surface area contributed by atoms with Gasteiger partial charge in [-0.05, 0) is 30.4 Å². The van der Waals surface area contributed by atoms with Gasteiger partial charge in [-0.2, -0.15) is 0 Å². The van der Waals surface area contributed by atoms with Crippen LogP contribution in [0.15, 0.2) is 29.2 Å². The van der Waals surface area contributed by atoms with Crippen LogP contribution >= 0.6 is 0 Å². The van der Waals surface area contributed by atoms with Crippen LogP contribution in [0.25, 0.3) is 0 Å². The molecule has 0 spiro atoms. The molecule has 0 amide bonds. The van der Waals surface area contributed by atoms with Crippen molar-refractivity contribution < 1.29 is 8.42 Å². The van der Waals surface area contributed by atoms with Gasteiger partial charge >= 0.3 is 0 Å². The summed E-state index contributed by atoms with van der Waals surface area (Å²) in [6.45, 7) is 2.80. The highest BCUT2D eigenvalue weighted by atomic mass is 32.2. The van der Waals surface area contributed by atoms with E-state index in [0.717, 1.165) is 12.8 Å². The SMILES string of the molecule is CC1(CNS(=O)(=O)c2ccccc2C#CCN)CCC1. The van der Waals surface area contributed by atoms with E-state index in [1.165, 1.54) is 6.42 Å². The molecule has 0 atom stereocenters. The first kappa shape index (κ1) is 15.0. The standard InChI is InChI=1S/C15H20N2O2S/c1-15(9-5-10-15)12-17-20(18,19)14-8-3-2-6-13(14)7-4-11-16/h2-3,6,8,17H,5,9-12,16H2,1H3. The average Bonchev–Trinajstić information content (AvgIpc) is 2.41. The van der Waals surface area contributed by atoms with Gasteiger partial charge in [-0.25, -0.2) is 13.1 Å². The van der Waals surface area contributed by atoms with Gasteiger partial charge in [-0.15, -0.1) is 0 Å². The van der Waals surface area contributed by atoms with Gasteiger partial charge in [0.15, 0.2) is 0 Å². The molecule has 0 aromatic heterocycles. The zero-order valence-electron chi connectivity index (χ0n) is 11.6. The summed E-state index contributed by atoms with van der Waals surface area (Å²) in [6.07, 6.45) is 3.32. The van der Waals surface area contributed by atoms with Crippen molar-refractivity contribution in [3.05, 3.63) is 29.8 Å². The van der Waals surface area contributed by atoms with Gasteiger partial charge in [0.25, 0.3) is 0 Å². The number of nitrogens with two attached hydrogens (primary N) is 1. The Kier molecular flexibility index (Phi) is 4.48. The lowest BCUT2D eigenvalue weighted by molar-refractivity contribution is 0.166. The summed E-state index contributed by atoms with van der Waals surface area (Å²) in [4.78, 5) is 0.226. The number of hydrogen-bond acceptors (Lipinski definition) is 3. The van der Waals surface area contributed by atoms with Crippen molar-refractivity contribution >= 4 is 10.0 Å². The molecular formula is C15H20N2O2S. The third-order valence-corrected chi connectivity index (χ3v) is 5.21. The summed E-state index contributed by atoms with van der Waals surface area (Å²) >= 11 is 0. The molecule has 0 radical (unpaired) electrons. The van der Waals surface area contributed by atoms with E-state index in [4.69, 9.17) is 5.73 Å². The van der Waals surface area contributed by atoms with Crippen molar-refractivity contribution in [2.45, 2.75) is 31.1 Å². The van der Waals surface area contributed by atoms with Gasteiger partial charge in [-0.1, -0.05) is 37.3 Å². The molecule has 0 unspecified atom stereocenters. The second-order valence-corrected chi connectivity index (χ2v) is 7.23. The van der Waals surface area contributed by atoms with Crippen LogP contribution in [-0.2, 0) is 10.0 Å². The predicted octanol–water partition coefficient (Wildman–Crippen LogP) is 1.47. The number of nitrogens with one attached hydrogen (secondary N) is 1. The summed E-state index contributed by atoms with van der Waals surface area (Å²) in [5.41, 5.74) is 5.93. The van der Waals surface area contributed by atoms with Crippen molar-refractivity contribution in [1.29, 1.82) is 0 Å². The largest absolute Gasteiger partial charge is 0.320 e. The second kappa shape index (κ2) is 5.96. The van der Waals surface area contributed by atoms with Crippen LogP contribution in [-0.4, -0.2) is 21.5 Å². The summed E-state index contributed by atoms with van der Waals surface area (Å²) in [5.74, 6) is 5.51. The minimum absolute atomic E-state index is 0.102. The van der Waals surface area contributed by atoms with Gasteiger partial charge in [-0.3, -0.25) is 0 Å². The number of sulfonamides is 1. The zero-order valence-corrected chi connectivity index (χ0v) is 12.5. The summed E-state index contributed by atoms with van der Waals surface area (Å²) in [5, 5.41) is 0. The van der Waals surface area contributed by atoms with Crippen molar-refractivity contribution in [3.63, 3.8) is 0 Å². The van der Waals surface area contributed by atoms with Crippen molar-refractivity contribution in [2.24, 2.45) is 11.1 Å². The Bertz CT molecular complexity index is 637. The minimum Gasteiger partial charge on any atom is -0.320 e. The van der Waals surface area contributed by atoms with Gasteiger partial charge in [0.05, 0.1) is 11.4 Å². The highest BCUT2D eigenvalue weighted by Gasteiger charge is 2.33. The fourth-order valence-corrected chi connectivity index (χ4v) is 3.61. The Hall–Kier alpha value is -1.35. The maximum atomic E-state index is 12.4. The molecule has 20 heavy (non-hydrogen) atoms. The maximum absolute atomic E-state index is 12.4. The summed E-state index contributed by atoms with van der Waals surface area (Å²) in [7, 11) is -3.52. The van der Waals surface area contributed by atoms with E-state index in [2.05, 4.69) is 23.5 Å². The smallest absolute Gasteiger partial charge is 0.241 e.